The van der Waals surface area contributed by atoms with Crippen LogP contribution in [0.3, 0.4) is 0 Å². The van der Waals surface area contributed by atoms with Gasteiger partial charge in [0.25, 0.3) is 0 Å². The van der Waals surface area contributed by atoms with Gasteiger partial charge in [-0.15, -0.1) is 0 Å². The number of hydrogen-bond donors (Lipinski definition) is 1. The maximum absolute atomic E-state index is 15.3. The zero-order valence-corrected chi connectivity index (χ0v) is 24.4. The molecule has 208 valence electrons. The number of hydrogen-bond acceptors (Lipinski definition) is 3. The van der Waals surface area contributed by atoms with Crippen molar-refractivity contribution in [2.45, 2.75) is 44.2 Å². The second-order valence-electron chi connectivity index (χ2n) is 10.7. The number of aliphatic hydroxyl groups is 1. The van der Waals surface area contributed by atoms with Gasteiger partial charge in [0.05, 0.1) is 6.10 Å². The molecule has 0 heterocycles. The molecule has 0 aliphatic heterocycles. The first-order chi connectivity index (χ1) is 20.1. The van der Waals surface area contributed by atoms with Crippen LogP contribution in [0.5, 0.6) is 0 Å². The van der Waals surface area contributed by atoms with E-state index in [0.29, 0.717) is 19.5 Å². The topological polar surface area (TPSA) is 40.5 Å². The molecule has 0 fully saturated rings. The van der Waals surface area contributed by atoms with Crippen molar-refractivity contribution < 1.29 is 9.67 Å². The van der Waals surface area contributed by atoms with E-state index in [1.54, 1.807) is 0 Å². The van der Waals surface area contributed by atoms with Gasteiger partial charge in [0.2, 0.25) is 0 Å². The van der Waals surface area contributed by atoms with E-state index >= 15 is 4.57 Å². The van der Waals surface area contributed by atoms with E-state index in [2.05, 4.69) is 65.6 Å². The Labute approximate surface area is 244 Å². The molecule has 0 bridgehead atoms. The maximum Gasteiger partial charge on any atom is 0.148 e. The van der Waals surface area contributed by atoms with Crippen molar-refractivity contribution in [2.75, 3.05) is 0 Å². The van der Waals surface area contributed by atoms with Crippen LogP contribution in [-0.2, 0) is 24.1 Å². The van der Waals surface area contributed by atoms with Crippen LogP contribution in [0.25, 0.3) is 0 Å². The quantitative estimate of drug-likeness (QED) is 0.166. The third-order valence-corrected chi connectivity index (χ3v) is 11.5. The Hall–Kier alpha value is -3.75. The fourth-order valence-corrected chi connectivity index (χ4v) is 8.80. The van der Waals surface area contributed by atoms with Gasteiger partial charge < -0.3 is 9.67 Å². The summed E-state index contributed by atoms with van der Waals surface area (Å²) in [6, 6.07) is 50.2. The predicted molar refractivity (Wildman–Crippen MR) is 171 cm³/mol. The molecule has 1 N–H and O–H groups in total. The fourth-order valence-electron chi connectivity index (χ4n) is 5.70. The number of rotatable bonds is 12. The molecule has 0 amide bonds. The summed E-state index contributed by atoms with van der Waals surface area (Å²) in [6.45, 7) is 3.29. The van der Waals surface area contributed by atoms with Crippen molar-refractivity contribution in [3.8, 4) is 0 Å². The van der Waals surface area contributed by atoms with Crippen molar-refractivity contribution in [1.29, 1.82) is 0 Å². The minimum absolute atomic E-state index is 0.284. The first kappa shape index (κ1) is 28.8. The van der Waals surface area contributed by atoms with Gasteiger partial charge in [0.15, 0.2) is 0 Å². The minimum atomic E-state index is -3.21. The highest BCUT2D eigenvalue weighted by Crippen LogP contribution is 2.50. The van der Waals surface area contributed by atoms with Crippen LogP contribution in [0, 0.1) is 0 Å². The Morgan fingerprint density at radius 2 is 0.902 bits per heavy atom. The average molecular weight is 560 g/mol. The smallest absolute Gasteiger partial charge is 0.148 e. The summed E-state index contributed by atoms with van der Waals surface area (Å²) in [5.74, 6) is 0. The van der Waals surface area contributed by atoms with Crippen LogP contribution in [0.4, 0.5) is 0 Å². The lowest BCUT2D eigenvalue weighted by molar-refractivity contribution is 0.0389. The van der Waals surface area contributed by atoms with E-state index in [-0.39, 0.29) is 6.04 Å². The lowest BCUT2D eigenvalue weighted by Gasteiger charge is -2.40. The Kier molecular flexibility index (Phi) is 9.64. The van der Waals surface area contributed by atoms with Gasteiger partial charge in [-0.2, -0.15) is 0 Å². The molecule has 3 atom stereocenters. The van der Waals surface area contributed by atoms with Gasteiger partial charge in [-0.1, -0.05) is 159 Å². The van der Waals surface area contributed by atoms with Crippen LogP contribution in [0.2, 0.25) is 0 Å². The number of nitrogens with zero attached hydrogens (tertiary/aromatic N) is 1. The summed E-state index contributed by atoms with van der Waals surface area (Å²) in [5.41, 5.74) is 2.98. The van der Waals surface area contributed by atoms with Crippen LogP contribution >= 0.6 is 7.14 Å². The highest BCUT2D eigenvalue weighted by atomic mass is 31.2. The molecule has 5 aromatic rings. The van der Waals surface area contributed by atoms with E-state index in [9.17, 15) is 5.11 Å². The Morgan fingerprint density at radius 1 is 0.561 bits per heavy atom. The third-order valence-electron chi connectivity index (χ3n) is 7.96. The molecule has 0 unspecified atom stereocenters. The molecule has 0 spiro atoms. The van der Waals surface area contributed by atoms with Gasteiger partial charge >= 0.3 is 0 Å². The Bertz CT molecular complexity index is 1430. The second kappa shape index (κ2) is 13.7. The molecular weight excluding hydrogens is 521 g/mol. The molecule has 0 aliphatic carbocycles. The monoisotopic (exact) mass is 559 g/mol. The first-order valence-electron chi connectivity index (χ1n) is 14.3. The summed E-state index contributed by atoms with van der Waals surface area (Å²) in [5, 5.41) is 14.0. The van der Waals surface area contributed by atoms with E-state index in [1.807, 2.05) is 97.9 Å². The largest absolute Gasteiger partial charge is 0.391 e. The second-order valence-corrected chi connectivity index (χ2v) is 13.9. The van der Waals surface area contributed by atoms with Crippen LogP contribution < -0.4 is 10.6 Å². The van der Waals surface area contributed by atoms with Crippen molar-refractivity contribution >= 4 is 17.8 Å². The normalized spacial score (nSPS) is 13.9. The lowest BCUT2D eigenvalue weighted by atomic mass is 9.96. The summed E-state index contributed by atoms with van der Waals surface area (Å²) < 4.78 is 15.3. The van der Waals surface area contributed by atoms with Gasteiger partial charge in [-0.25, -0.2) is 0 Å². The number of aliphatic hydroxyl groups excluding tert-OH is 1. The van der Waals surface area contributed by atoms with Crippen molar-refractivity contribution in [2.24, 2.45) is 0 Å². The molecule has 4 heteroatoms. The Balaban J connectivity index is 1.59. The van der Waals surface area contributed by atoms with E-state index < -0.39 is 18.9 Å². The predicted octanol–water partition coefficient (Wildman–Crippen LogP) is 7.06. The average Bonchev–Trinajstić information content (AvgIpc) is 3.04. The molecule has 5 rings (SSSR count). The van der Waals surface area contributed by atoms with Crippen LogP contribution in [0.15, 0.2) is 152 Å². The van der Waals surface area contributed by atoms with Crippen LogP contribution in [-0.4, -0.2) is 27.8 Å². The SMILES string of the molecule is C[C@@H]([C@@H](O)[C@@H](Cc1ccccc1)N(Cc1ccccc1)Cc1ccccc1)P(=O)(c1ccccc1)c1ccccc1. The molecule has 0 saturated heterocycles. The summed E-state index contributed by atoms with van der Waals surface area (Å²) in [4.78, 5) is 2.36. The van der Waals surface area contributed by atoms with Gasteiger partial charge in [0.1, 0.15) is 7.14 Å². The van der Waals surface area contributed by atoms with Crippen LogP contribution in [0.1, 0.15) is 23.6 Å². The highest BCUT2D eigenvalue weighted by Gasteiger charge is 2.42. The van der Waals surface area contributed by atoms with Crippen molar-refractivity contribution in [3.05, 3.63) is 168 Å². The summed E-state index contributed by atoms with van der Waals surface area (Å²) >= 11 is 0. The third kappa shape index (κ3) is 6.94. The zero-order valence-electron chi connectivity index (χ0n) is 23.5. The number of benzene rings is 5. The first-order valence-corrected chi connectivity index (χ1v) is 16.1. The van der Waals surface area contributed by atoms with Gasteiger partial charge in [-0.3, -0.25) is 4.90 Å². The summed E-state index contributed by atoms with van der Waals surface area (Å²) in [7, 11) is -3.21. The van der Waals surface area contributed by atoms with Crippen molar-refractivity contribution in [3.63, 3.8) is 0 Å². The maximum atomic E-state index is 15.3. The van der Waals surface area contributed by atoms with Crippen molar-refractivity contribution in [1.82, 2.24) is 4.90 Å². The van der Waals surface area contributed by atoms with E-state index in [0.717, 1.165) is 16.2 Å². The molecule has 0 radical (unpaired) electrons. The van der Waals surface area contributed by atoms with Gasteiger partial charge in [-0.05, 0) is 23.1 Å². The molecule has 0 saturated carbocycles. The Morgan fingerprint density at radius 3 is 1.29 bits per heavy atom. The van der Waals surface area contributed by atoms with Gasteiger partial charge in [0, 0.05) is 35.4 Å². The molecule has 3 nitrogen and oxygen atoms in total. The molecule has 5 aromatic carbocycles. The zero-order chi connectivity index (χ0) is 28.5. The minimum Gasteiger partial charge on any atom is -0.391 e. The van der Waals surface area contributed by atoms with E-state index in [4.69, 9.17) is 0 Å². The molecule has 41 heavy (non-hydrogen) atoms. The molecular formula is C37H38NO2P. The standard InChI is InChI=1S/C37H38NO2P/c1-30(41(40,34-23-13-5-14-24-34)35-25-15-6-16-26-35)37(39)36(27-31-17-7-2-8-18-31)38(28-32-19-9-3-10-20-32)29-33-21-11-4-12-22-33/h2-26,30,36-37,39H,27-29H2,1H3/t30-,36+,37+/m0/s1. The fraction of sp³-hybridized carbons (Fsp3) is 0.189. The molecule has 0 aliphatic rings. The van der Waals surface area contributed by atoms with E-state index in [1.165, 1.54) is 11.1 Å². The summed E-state index contributed by atoms with van der Waals surface area (Å²) in [6.07, 6.45) is -0.232. The highest BCUT2D eigenvalue weighted by molar-refractivity contribution is 7.79. The lowest BCUT2D eigenvalue weighted by Crippen LogP contribution is -2.50. The molecule has 0 aromatic heterocycles.